The van der Waals surface area contributed by atoms with E-state index in [0.29, 0.717) is 5.02 Å². The molecule has 1 aromatic rings. The van der Waals surface area contributed by atoms with E-state index in [9.17, 15) is 8.42 Å². The Morgan fingerprint density at radius 2 is 2.11 bits per heavy atom. The minimum Gasteiger partial charge on any atom is -0.466 e. The number of methoxy groups -OCH3 is 1. The van der Waals surface area contributed by atoms with Crippen molar-refractivity contribution in [2.45, 2.75) is 0 Å². The molecule has 1 aromatic heterocycles. The monoisotopic (exact) mass is 304 g/mol. The Morgan fingerprint density at radius 1 is 1.37 bits per heavy atom. The topological polar surface area (TPSA) is 93.5 Å². The predicted octanol–water partition coefficient (Wildman–Crippen LogP) is 0.662. The molecule has 0 N–H and O–H groups in total. The maximum atomic E-state index is 11.7. The van der Waals surface area contributed by atoms with E-state index in [1.807, 2.05) is 0 Å². The molecule has 0 spiro atoms. The molecule has 0 radical (unpaired) electrons. The molecule has 0 unspecified atom stereocenters. The van der Waals surface area contributed by atoms with Gasteiger partial charge in [0.15, 0.2) is 5.75 Å². The number of rotatable bonds is 1. The summed E-state index contributed by atoms with van der Waals surface area (Å²) in [5, 5.41) is 0.347. The van der Waals surface area contributed by atoms with Crippen LogP contribution in [0.15, 0.2) is 27.9 Å². The van der Waals surface area contributed by atoms with E-state index < -0.39 is 10.2 Å². The number of amidine groups is 2. The van der Waals surface area contributed by atoms with Gasteiger partial charge in [0.05, 0.1) is 18.3 Å². The van der Waals surface area contributed by atoms with E-state index in [2.05, 4.69) is 14.4 Å². The van der Waals surface area contributed by atoms with Crippen LogP contribution in [0.4, 0.5) is 0 Å². The number of halogens is 1. The summed E-state index contributed by atoms with van der Waals surface area (Å²) in [7, 11) is -1.41. The fraction of sp³-hybridized carbons (Fsp3) is 0.222. The summed E-state index contributed by atoms with van der Waals surface area (Å²) in [6.45, 7) is 0. The molecular formula is C9H9ClN4O4S. The summed E-state index contributed by atoms with van der Waals surface area (Å²) in [5.41, 5.74) is 0. The van der Waals surface area contributed by atoms with Gasteiger partial charge in [0, 0.05) is 19.3 Å². The van der Waals surface area contributed by atoms with Crippen LogP contribution in [0.3, 0.4) is 0 Å². The lowest BCUT2D eigenvalue weighted by Gasteiger charge is -2.21. The maximum absolute atomic E-state index is 11.7. The number of ether oxygens (including phenoxy) is 2. The van der Waals surface area contributed by atoms with Gasteiger partial charge < -0.3 is 9.47 Å². The second-order valence-electron chi connectivity index (χ2n) is 3.36. The Morgan fingerprint density at radius 3 is 2.74 bits per heavy atom. The second kappa shape index (κ2) is 5.02. The zero-order valence-corrected chi connectivity index (χ0v) is 11.5. The Hall–Kier alpha value is -1.87. The Labute approximate surface area is 114 Å². The van der Waals surface area contributed by atoms with Gasteiger partial charge in [-0.3, -0.25) is 4.98 Å². The van der Waals surface area contributed by atoms with Crippen LogP contribution in [0, 0.1) is 0 Å². The highest BCUT2D eigenvalue weighted by Crippen LogP contribution is 2.18. The summed E-state index contributed by atoms with van der Waals surface area (Å²) < 4.78 is 37.4. The number of hydrogen-bond acceptors (Lipinski definition) is 6. The van der Waals surface area contributed by atoms with E-state index >= 15 is 0 Å². The van der Waals surface area contributed by atoms with Crippen molar-refractivity contribution in [2.75, 3.05) is 14.2 Å². The molecule has 1 aliphatic rings. The zero-order chi connectivity index (χ0) is 14.0. The van der Waals surface area contributed by atoms with Gasteiger partial charge in [0.1, 0.15) is 0 Å². The lowest BCUT2D eigenvalue weighted by Crippen LogP contribution is -2.39. The molecule has 2 rings (SSSR count). The first-order valence-corrected chi connectivity index (χ1v) is 6.70. The minimum atomic E-state index is -3.92. The first kappa shape index (κ1) is 13.6. The van der Waals surface area contributed by atoms with Crippen molar-refractivity contribution in [3.05, 3.63) is 23.5 Å². The summed E-state index contributed by atoms with van der Waals surface area (Å²) in [5.74, 6) is 0.241. The molecule has 19 heavy (non-hydrogen) atoms. The first-order valence-electron chi connectivity index (χ1n) is 4.92. The average molecular weight is 305 g/mol. The highest BCUT2D eigenvalue weighted by atomic mass is 35.5. The molecule has 2 heterocycles. The Bertz CT molecular complexity index is 658. The molecule has 0 atom stereocenters. The number of aliphatic imine (C=N–C) groups is 1. The third kappa shape index (κ3) is 2.93. The highest BCUT2D eigenvalue weighted by molar-refractivity contribution is 7.88. The van der Waals surface area contributed by atoms with Crippen LogP contribution in [-0.2, 0) is 14.9 Å². The standard InChI is InChI=1S/C9H9ClN4O4S/c1-14-9(12-8(17-2)13-19(14,15)16)18-7-3-6(10)4-11-5-7/h3-5H,1-2H3. The lowest BCUT2D eigenvalue weighted by atomic mass is 10.5. The fourth-order valence-electron chi connectivity index (χ4n) is 1.15. The fourth-order valence-corrected chi connectivity index (χ4v) is 2.03. The molecule has 0 amide bonds. The molecular weight excluding hydrogens is 296 g/mol. The van der Waals surface area contributed by atoms with E-state index in [0.717, 1.165) is 4.31 Å². The van der Waals surface area contributed by atoms with Crippen molar-refractivity contribution < 1.29 is 17.9 Å². The van der Waals surface area contributed by atoms with E-state index in [1.165, 1.54) is 32.6 Å². The third-order valence-electron chi connectivity index (χ3n) is 2.07. The molecule has 10 heteroatoms. The quantitative estimate of drug-likeness (QED) is 0.760. The smallest absolute Gasteiger partial charge is 0.352 e. The van der Waals surface area contributed by atoms with Gasteiger partial charge in [-0.15, -0.1) is 4.99 Å². The van der Waals surface area contributed by atoms with Gasteiger partial charge >= 0.3 is 22.3 Å². The maximum Gasteiger partial charge on any atom is 0.352 e. The normalized spacial score (nSPS) is 17.5. The third-order valence-corrected chi connectivity index (χ3v) is 3.51. The lowest BCUT2D eigenvalue weighted by molar-refractivity contribution is 0.387. The second-order valence-corrected chi connectivity index (χ2v) is 5.42. The van der Waals surface area contributed by atoms with Crippen molar-refractivity contribution in [3.63, 3.8) is 0 Å². The van der Waals surface area contributed by atoms with Crippen LogP contribution >= 0.6 is 11.6 Å². The average Bonchev–Trinajstić information content (AvgIpc) is 2.34. The van der Waals surface area contributed by atoms with E-state index in [1.54, 1.807) is 0 Å². The largest absolute Gasteiger partial charge is 0.466 e. The highest BCUT2D eigenvalue weighted by Gasteiger charge is 2.29. The Balaban J connectivity index is 2.34. The molecule has 0 aliphatic carbocycles. The summed E-state index contributed by atoms with van der Waals surface area (Å²) in [4.78, 5) is 7.61. The van der Waals surface area contributed by atoms with Gasteiger partial charge in [-0.1, -0.05) is 16.0 Å². The summed E-state index contributed by atoms with van der Waals surface area (Å²) >= 11 is 5.75. The molecule has 8 nitrogen and oxygen atoms in total. The van der Waals surface area contributed by atoms with Gasteiger partial charge in [-0.25, -0.2) is 4.31 Å². The molecule has 102 valence electrons. The van der Waals surface area contributed by atoms with Crippen LogP contribution in [0.1, 0.15) is 0 Å². The van der Waals surface area contributed by atoms with E-state index in [-0.39, 0.29) is 17.8 Å². The molecule has 0 saturated heterocycles. The molecule has 0 saturated carbocycles. The van der Waals surface area contributed by atoms with Crippen molar-refractivity contribution in [1.29, 1.82) is 0 Å². The predicted molar refractivity (Wildman–Crippen MR) is 68.4 cm³/mol. The van der Waals surface area contributed by atoms with Gasteiger partial charge in [-0.2, -0.15) is 8.42 Å². The molecule has 0 bridgehead atoms. The number of pyridine rings is 1. The van der Waals surface area contributed by atoms with E-state index in [4.69, 9.17) is 21.1 Å². The summed E-state index contributed by atoms with van der Waals surface area (Å²) in [6.07, 6.45) is 2.78. The van der Waals surface area contributed by atoms with Crippen molar-refractivity contribution >= 4 is 33.9 Å². The molecule has 1 aliphatic heterocycles. The van der Waals surface area contributed by atoms with Gasteiger partial charge in [0.25, 0.3) is 0 Å². The number of hydrogen-bond donors (Lipinski definition) is 0. The van der Waals surface area contributed by atoms with Crippen LogP contribution in [0.2, 0.25) is 5.02 Å². The SMILES string of the molecule is COC1=NS(=O)(=O)N(C)C(Oc2cncc(Cl)c2)=N1. The van der Waals surface area contributed by atoms with Crippen LogP contribution in [0.25, 0.3) is 0 Å². The molecule has 0 fully saturated rings. The van der Waals surface area contributed by atoms with Crippen LogP contribution in [0.5, 0.6) is 5.75 Å². The van der Waals surface area contributed by atoms with Crippen molar-refractivity contribution in [2.24, 2.45) is 9.39 Å². The van der Waals surface area contributed by atoms with Crippen LogP contribution < -0.4 is 4.74 Å². The minimum absolute atomic E-state index is 0.212. The number of nitrogens with zero attached hydrogens (tertiary/aromatic N) is 4. The van der Waals surface area contributed by atoms with Crippen LogP contribution in [-0.4, -0.2) is 43.9 Å². The number of aromatic nitrogens is 1. The Kier molecular flexibility index (Phi) is 3.58. The van der Waals surface area contributed by atoms with Gasteiger partial charge in [0.2, 0.25) is 0 Å². The van der Waals surface area contributed by atoms with Crippen molar-refractivity contribution in [1.82, 2.24) is 9.29 Å². The summed E-state index contributed by atoms with van der Waals surface area (Å²) in [6, 6.07) is 0.939. The molecule has 0 aromatic carbocycles. The van der Waals surface area contributed by atoms with Crippen molar-refractivity contribution in [3.8, 4) is 5.75 Å². The first-order chi connectivity index (χ1) is 8.92. The van der Waals surface area contributed by atoms with Gasteiger partial charge in [-0.05, 0) is 0 Å². The zero-order valence-electron chi connectivity index (χ0n) is 9.94.